The van der Waals surface area contributed by atoms with E-state index in [1.807, 2.05) is 25.8 Å². The highest BCUT2D eigenvalue weighted by Crippen LogP contribution is 2.33. The van der Waals surface area contributed by atoms with Gasteiger partial charge in [0.15, 0.2) is 5.96 Å². The lowest BCUT2D eigenvalue weighted by Gasteiger charge is -2.48. The molecule has 1 aromatic heterocycles. The number of aromatic nitrogens is 2. The first-order valence-corrected chi connectivity index (χ1v) is 11.6. The Bertz CT molecular complexity index is 805. The second-order valence-electron chi connectivity index (χ2n) is 8.72. The number of aliphatic imine (C=N–C) groups is 1. The van der Waals surface area contributed by atoms with Crippen LogP contribution in [0.3, 0.4) is 0 Å². The van der Waals surface area contributed by atoms with Crippen LogP contribution in [0.15, 0.2) is 48.0 Å². The maximum absolute atomic E-state index is 5.60. The molecule has 1 saturated carbocycles. The van der Waals surface area contributed by atoms with E-state index in [0.717, 1.165) is 51.9 Å². The Morgan fingerprint density at radius 3 is 2.48 bits per heavy atom. The molecule has 0 radical (unpaired) electrons. The molecule has 168 valence electrons. The van der Waals surface area contributed by atoms with Gasteiger partial charge in [0.2, 0.25) is 0 Å². The summed E-state index contributed by atoms with van der Waals surface area (Å²) in [5.74, 6) is 0.876. The normalized spacial score (nSPS) is 19.8. The molecule has 2 aromatic rings. The van der Waals surface area contributed by atoms with Gasteiger partial charge in [0.05, 0.1) is 19.5 Å². The molecule has 7 heteroatoms. The first-order valence-electron chi connectivity index (χ1n) is 11.6. The van der Waals surface area contributed by atoms with Gasteiger partial charge in [0.1, 0.15) is 0 Å². The van der Waals surface area contributed by atoms with Crippen LogP contribution in [0.2, 0.25) is 0 Å². The molecule has 0 spiro atoms. The number of nitrogens with one attached hydrogen (secondary N) is 2. The van der Waals surface area contributed by atoms with Crippen molar-refractivity contribution in [3.8, 4) is 0 Å². The van der Waals surface area contributed by atoms with Crippen LogP contribution in [0.25, 0.3) is 0 Å². The van der Waals surface area contributed by atoms with Crippen LogP contribution in [0.5, 0.6) is 0 Å². The van der Waals surface area contributed by atoms with Crippen molar-refractivity contribution in [2.45, 2.75) is 50.7 Å². The zero-order valence-corrected chi connectivity index (χ0v) is 18.7. The summed E-state index contributed by atoms with van der Waals surface area (Å²) >= 11 is 0. The summed E-state index contributed by atoms with van der Waals surface area (Å²) in [6, 6.07) is 8.73. The van der Waals surface area contributed by atoms with Crippen LogP contribution in [0, 0.1) is 0 Å². The van der Waals surface area contributed by atoms with E-state index >= 15 is 0 Å². The van der Waals surface area contributed by atoms with Crippen molar-refractivity contribution in [3.63, 3.8) is 0 Å². The minimum absolute atomic E-state index is 0.231. The predicted octanol–water partition coefficient (Wildman–Crippen LogP) is 2.63. The quantitative estimate of drug-likeness (QED) is 0.528. The average molecular weight is 425 g/mol. The molecular weight excluding hydrogens is 388 g/mol. The summed E-state index contributed by atoms with van der Waals surface area (Å²) in [4.78, 5) is 11.2. The third-order valence-corrected chi connectivity index (χ3v) is 6.68. The number of benzene rings is 1. The number of nitrogens with zero attached hydrogens (tertiary/aromatic N) is 4. The fraction of sp³-hybridized carbons (Fsp3) is 0.583. The Hall–Kier alpha value is -2.38. The minimum atomic E-state index is 0.231. The maximum atomic E-state index is 5.60. The van der Waals surface area contributed by atoms with Crippen molar-refractivity contribution in [2.24, 2.45) is 4.99 Å². The van der Waals surface area contributed by atoms with Gasteiger partial charge in [-0.2, -0.15) is 0 Å². The molecule has 0 amide bonds. The number of guanidine groups is 1. The van der Waals surface area contributed by atoms with Crippen molar-refractivity contribution in [1.29, 1.82) is 0 Å². The highest BCUT2D eigenvalue weighted by Gasteiger charge is 2.38. The van der Waals surface area contributed by atoms with Gasteiger partial charge in [-0.05, 0) is 24.0 Å². The second kappa shape index (κ2) is 10.8. The van der Waals surface area contributed by atoms with Crippen LogP contribution in [0.4, 0.5) is 0 Å². The Labute approximate surface area is 185 Å². The van der Waals surface area contributed by atoms with Crippen LogP contribution in [-0.4, -0.2) is 65.8 Å². The van der Waals surface area contributed by atoms with Crippen molar-refractivity contribution >= 4 is 5.96 Å². The Balaban J connectivity index is 1.29. The van der Waals surface area contributed by atoms with Crippen molar-refractivity contribution < 1.29 is 4.74 Å². The van der Waals surface area contributed by atoms with E-state index in [1.165, 1.54) is 43.2 Å². The Morgan fingerprint density at radius 2 is 1.81 bits per heavy atom. The summed E-state index contributed by atoms with van der Waals surface area (Å²) < 4.78 is 7.68. The van der Waals surface area contributed by atoms with Gasteiger partial charge in [0.25, 0.3) is 0 Å². The molecule has 1 aliphatic carbocycles. The number of hydrogen-bond donors (Lipinski definition) is 2. The fourth-order valence-electron chi connectivity index (χ4n) is 4.86. The van der Waals surface area contributed by atoms with Gasteiger partial charge >= 0.3 is 0 Å². The van der Waals surface area contributed by atoms with Crippen molar-refractivity contribution in [2.75, 3.05) is 39.9 Å². The first kappa shape index (κ1) is 21.8. The van der Waals surface area contributed by atoms with Gasteiger partial charge in [-0.25, -0.2) is 4.98 Å². The zero-order valence-electron chi connectivity index (χ0n) is 18.7. The van der Waals surface area contributed by atoms with E-state index in [4.69, 9.17) is 4.74 Å². The van der Waals surface area contributed by atoms with Gasteiger partial charge in [-0.1, -0.05) is 43.5 Å². The fourth-order valence-corrected chi connectivity index (χ4v) is 4.86. The second-order valence-corrected chi connectivity index (χ2v) is 8.72. The molecule has 1 saturated heterocycles. The van der Waals surface area contributed by atoms with E-state index in [-0.39, 0.29) is 5.54 Å². The highest BCUT2D eigenvalue weighted by atomic mass is 16.5. The van der Waals surface area contributed by atoms with E-state index in [1.54, 1.807) is 0 Å². The maximum Gasteiger partial charge on any atom is 0.191 e. The standard InChI is InChI=1S/C24H36N6O/c1-25-23(27-17-21-5-7-22(8-6-21)18-29-12-11-26-20-29)28-19-24(9-3-2-4-10-24)30-13-15-31-16-14-30/h5-8,11-12,20H,2-4,9-10,13-19H2,1H3,(H2,25,27,28). The van der Waals surface area contributed by atoms with E-state index in [0.29, 0.717) is 0 Å². The molecule has 2 aliphatic rings. The monoisotopic (exact) mass is 424 g/mol. The molecule has 0 bridgehead atoms. The largest absolute Gasteiger partial charge is 0.379 e. The SMILES string of the molecule is CN=C(NCc1ccc(Cn2ccnc2)cc1)NCC1(N2CCOCC2)CCCCC1. The molecular formula is C24H36N6O. The first-order chi connectivity index (χ1) is 15.3. The third kappa shape index (κ3) is 5.86. The third-order valence-electron chi connectivity index (χ3n) is 6.68. The zero-order chi connectivity index (χ0) is 21.4. The molecule has 1 aromatic carbocycles. The molecule has 1 aliphatic heterocycles. The Morgan fingerprint density at radius 1 is 1.06 bits per heavy atom. The van der Waals surface area contributed by atoms with E-state index in [2.05, 4.69) is 54.3 Å². The number of ether oxygens (including phenoxy) is 1. The van der Waals surface area contributed by atoms with Crippen LogP contribution in [-0.2, 0) is 17.8 Å². The molecule has 2 N–H and O–H groups in total. The lowest BCUT2D eigenvalue weighted by molar-refractivity contribution is -0.0352. The summed E-state index contributed by atoms with van der Waals surface area (Å²) in [5.41, 5.74) is 2.75. The number of rotatable bonds is 7. The van der Waals surface area contributed by atoms with Crippen LogP contribution in [0.1, 0.15) is 43.2 Å². The molecule has 0 unspecified atom stereocenters. The van der Waals surface area contributed by atoms with Crippen LogP contribution < -0.4 is 10.6 Å². The number of hydrogen-bond acceptors (Lipinski definition) is 4. The van der Waals surface area contributed by atoms with Crippen molar-refractivity contribution in [3.05, 3.63) is 54.1 Å². The molecule has 0 atom stereocenters. The number of morpholine rings is 1. The molecule has 2 heterocycles. The van der Waals surface area contributed by atoms with Gasteiger partial charge < -0.3 is 19.9 Å². The number of imidazole rings is 1. The van der Waals surface area contributed by atoms with Crippen molar-refractivity contribution in [1.82, 2.24) is 25.1 Å². The summed E-state index contributed by atoms with van der Waals surface area (Å²) in [6.07, 6.45) is 12.2. The lowest BCUT2D eigenvalue weighted by atomic mass is 9.80. The lowest BCUT2D eigenvalue weighted by Crippen LogP contribution is -2.60. The smallest absolute Gasteiger partial charge is 0.191 e. The van der Waals surface area contributed by atoms with Gasteiger partial charge in [-0.3, -0.25) is 9.89 Å². The minimum Gasteiger partial charge on any atom is -0.379 e. The molecule has 4 rings (SSSR count). The van der Waals surface area contributed by atoms with Gasteiger partial charge in [-0.15, -0.1) is 0 Å². The predicted molar refractivity (Wildman–Crippen MR) is 124 cm³/mol. The topological polar surface area (TPSA) is 66.7 Å². The molecule has 31 heavy (non-hydrogen) atoms. The van der Waals surface area contributed by atoms with Gasteiger partial charge in [0, 0.05) is 57.7 Å². The Kier molecular flexibility index (Phi) is 7.59. The van der Waals surface area contributed by atoms with E-state index in [9.17, 15) is 0 Å². The van der Waals surface area contributed by atoms with E-state index < -0.39 is 0 Å². The average Bonchev–Trinajstić information content (AvgIpc) is 3.34. The van der Waals surface area contributed by atoms with Crippen LogP contribution >= 0.6 is 0 Å². The summed E-state index contributed by atoms with van der Waals surface area (Å²) in [6.45, 7) is 6.34. The molecule has 7 nitrogen and oxygen atoms in total. The molecule has 2 fully saturated rings. The summed E-state index contributed by atoms with van der Waals surface area (Å²) in [5, 5.41) is 7.13. The summed E-state index contributed by atoms with van der Waals surface area (Å²) in [7, 11) is 1.85. The highest BCUT2D eigenvalue weighted by molar-refractivity contribution is 5.79.